The predicted octanol–water partition coefficient (Wildman–Crippen LogP) is 8.02. The number of anilines is 3. The molecule has 4 aromatic rings. The van der Waals surface area contributed by atoms with Crippen molar-refractivity contribution in [2.75, 3.05) is 10.6 Å². The van der Waals surface area contributed by atoms with Gasteiger partial charge < -0.3 is 15.4 Å². The van der Waals surface area contributed by atoms with E-state index in [-0.39, 0.29) is 22.9 Å². The standard InChI is InChI=1S/C26H17ClF6N4O2/c1-14-2-3-16(23(38)35-17-6-9-20(27)19(13-17)25(28,29)30)12-22(14)37-24-34-11-10-21(36-24)15-4-7-18(8-5-15)39-26(31,32)33/h2-13H,1H3,(H,35,38)(H,34,36,37). The second kappa shape index (κ2) is 10.8. The Kier molecular flexibility index (Phi) is 7.68. The highest BCUT2D eigenvalue weighted by atomic mass is 35.5. The Labute approximate surface area is 222 Å². The van der Waals surface area contributed by atoms with Gasteiger partial charge in [0.25, 0.3) is 5.91 Å². The molecule has 0 spiro atoms. The Morgan fingerprint density at radius 2 is 1.64 bits per heavy atom. The zero-order chi connectivity index (χ0) is 28.4. The number of carbonyl (C=O) groups excluding carboxylic acids is 1. The molecule has 0 unspecified atom stereocenters. The molecule has 0 aliphatic carbocycles. The van der Waals surface area contributed by atoms with E-state index in [1.165, 1.54) is 36.5 Å². The van der Waals surface area contributed by atoms with E-state index in [1.807, 2.05) is 0 Å². The molecule has 0 aliphatic heterocycles. The molecule has 6 nitrogen and oxygen atoms in total. The molecule has 2 N–H and O–H groups in total. The molecule has 0 radical (unpaired) electrons. The van der Waals surface area contributed by atoms with E-state index < -0.39 is 29.0 Å². The molecule has 0 atom stereocenters. The van der Waals surface area contributed by atoms with Crippen LogP contribution in [-0.2, 0) is 6.18 Å². The molecule has 0 aliphatic rings. The van der Waals surface area contributed by atoms with Crippen LogP contribution in [-0.4, -0.2) is 22.2 Å². The van der Waals surface area contributed by atoms with Gasteiger partial charge in [-0.05, 0) is 73.2 Å². The first-order valence-electron chi connectivity index (χ1n) is 11.0. The molecule has 0 bridgehead atoms. The van der Waals surface area contributed by atoms with E-state index >= 15 is 0 Å². The Hall–Kier alpha value is -4.32. The monoisotopic (exact) mass is 566 g/mol. The van der Waals surface area contributed by atoms with E-state index in [2.05, 4.69) is 25.3 Å². The van der Waals surface area contributed by atoms with E-state index in [4.69, 9.17) is 11.6 Å². The van der Waals surface area contributed by atoms with Crippen molar-refractivity contribution in [2.45, 2.75) is 19.5 Å². The molecule has 0 saturated carbocycles. The van der Waals surface area contributed by atoms with Gasteiger partial charge in [-0.1, -0.05) is 17.7 Å². The zero-order valence-electron chi connectivity index (χ0n) is 19.8. The van der Waals surface area contributed by atoms with Gasteiger partial charge in [-0.2, -0.15) is 13.2 Å². The van der Waals surface area contributed by atoms with Crippen molar-refractivity contribution in [1.29, 1.82) is 0 Å². The lowest BCUT2D eigenvalue weighted by atomic mass is 10.1. The molecule has 0 saturated heterocycles. The van der Waals surface area contributed by atoms with Crippen molar-refractivity contribution < 1.29 is 35.9 Å². The molecule has 39 heavy (non-hydrogen) atoms. The highest BCUT2D eigenvalue weighted by molar-refractivity contribution is 6.31. The fourth-order valence-corrected chi connectivity index (χ4v) is 3.67. The Bertz CT molecular complexity index is 1510. The second-order valence-corrected chi connectivity index (χ2v) is 8.55. The number of alkyl halides is 6. The van der Waals surface area contributed by atoms with Gasteiger partial charge in [-0.3, -0.25) is 4.79 Å². The quantitative estimate of drug-likeness (QED) is 0.231. The lowest BCUT2D eigenvalue weighted by Gasteiger charge is -2.13. The molecule has 0 fully saturated rings. The predicted molar refractivity (Wildman–Crippen MR) is 133 cm³/mol. The number of hydrogen-bond donors (Lipinski definition) is 2. The van der Waals surface area contributed by atoms with E-state index in [1.54, 1.807) is 19.1 Å². The summed E-state index contributed by atoms with van der Waals surface area (Å²) in [6.07, 6.45) is -8.06. The van der Waals surface area contributed by atoms with Gasteiger partial charge in [0.2, 0.25) is 5.95 Å². The van der Waals surface area contributed by atoms with E-state index in [0.29, 0.717) is 22.5 Å². The van der Waals surface area contributed by atoms with Crippen LogP contribution in [0, 0.1) is 6.92 Å². The zero-order valence-corrected chi connectivity index (χ0v) is 20.5. The lowest BCUT2D eigenvalue weighted by Crippen LogP contribution is -2.16. The normalized spacial score (nSPS) is 11.7. The van der Waals surface area contributed by atoms with Crippen LogP contribution in [0.25, 0.3) is 11.3 Å². The fraction of sp³-hybridized carbons (Fsp3) is 0.115. The smallest absolute Gasteiger partial charge is 0.406 e. The number of halogens is 7. The lowest BCUT2D eigenvalue weighted by molar-refractivity contribution is -0.274. The van der Waals surface area contributed by atoms with Crippen LogP contribution < -0.4 is 15.4 Å². The maximum atomic E-state index is 13.1. The number of hydrogen-bond acceptors (Lipinski definition) is 5. The number of amides is 1. The summed E-state index contributed by atoms with van der Waals surface area (Å²) in [4.78, 5) is 21.3. The third-order valence-electron chi connectivity index (χ3n) is 5.32. The molecule has 202 valence electrons. The van der Waals surface area contributed by atoms with Crippen molar-refractivity contribution >= 4 is 34.8 Å². The molecule has 13 heteroatoms. The van der Waals surface area contributed by atoms with Crippen LogP contribution in [0.2, 0.25) is 5.02 Å². The van der Waals surface area contributed by atoms with Crippen LogP contribution in [0.4, 0.5) is 43.7 Å². The van der Waals surface area contributed by atoms with Crippen molar-refractivity contribution in [1.82, 2.24) is 9.97 Å². The van der Waals surface area contributed by atoms with Crippen LogP contribution in [0.15, 0.2) is 72.9 Å². The van der Waals surface area contributed by atoms with Gasteiger partial charge in [0.1, 0.15) is 5.75 Å². The molecule has 1 aromatic heterocycles. The first-order valence-corrected chi connectivity index (χ1v) is 11.4. The average molecular weight is 567 g/mol. The van der Waals surface area contributed by atoms with Gasteiger partial charge in [0.15, 0.2) is 0 Å². The maximum absolute atomic E-state index is 13.1. The number of nitrogens with one attached hydrogen (secondary N) is 2. The Morgan fingerprint density at radius 3 is 2.31 bits per heavy atom. The molecular weight excluding hydrogens is 550 g/mol. The van der Waals surface area contributed by atoms with Crippen molar-refractivity contribution in [3.05, 3.63) is 94.6 Å². The van der Waals surface area contributed by atoms with Gasteiger partial charge in [0.05, 0.1) is 16.3 Å². The number of benzene rings is 3. The van der Waals surface area contributed by atoms with Gasteiger partial charge in [-0.15, -0.1) is 13.2 Å². The molecule has 1 amide bonds. The van der Waals surface area contributed by atoms with Gasteiger partial charge in [0, 0.05) is 28.7 Å². The van der Waals surface area contributed by atoms with Crippen molar-refractivity contribution in [3.8, 4) is 17.0 Å². The third kappa shape index (κ3) is 7.17. The number of nitrogens with zero attached hydrogens (tertiary/aromatic N) is 2. The first kappa shape index (κ1) is 27.7. The Morgan fingerprint density at radius 1 is 0.923 bits per heavy atom. The summed E-state index contributed by atoms with van der Waals surface area (Å²) in [6, 6.07) is 14.3. The van der Waals surface area contributed by atoms with Gasteiger partial charge >= 0.3 is 12.5 Å². The molecule has 3 aromatic carbocycles. The average Bonchev–Trinajstić information content (AvgIpc) is 2.85. The summed E-state index contributed by atoms with van der Waals surface area (Å²) < 4.78 is 80.5. The summed E-state index contributed by atoms with van der Waals surface area (Å²) in [5.41, 5.74) is 1.04. The minimum atomic E-state index is -4.81. The summed E-state index contributed by atoms with van der Waals surface area (Å²) in [5, 5.41) is 4.91. The fourth-order valence-electron chi connectivity index (χ4n) is 3.45. The van der Waals surface area contributed by atoms with Crippen LogP contribution in [0.3, 0.4) is 0 Å². The minimum Gasteiger partial charge on any atom is -0.406 e. The number of aromatic nitrogens is 2. The molecule has 1 heterocycles. The second-order valence-electron chi connectivity index (χ2n) is 8.14. The molecular formula is C26H17ClF6N4O2. The summed E-state index contributed by atoms with van der Waals surface area (Å²) >= 11 is 5.63. The van der Waals surface area contributed by atoms with E-state index in [0.717, 1.165) is 24.3 Å². The highest BCUT2D eigenvalue weighted by Crippen LogP contribution is 2.36. The highest BCUT2D eigenvalue weighted by Gasteiger charge is 2.33. The van der Waals surface area contributed by atoms with Crippen molar-refractivity contribution in [3.63, 3.8) is 0 Å². The largest absolute Gasteiger partial charge is 0.573 e. The van der Waals surface area contributed by atoms with Gasteiger partial charge in [-0.25, -0.2) is 9.97 Å². The van der Waals surface area contributed by atoms with Crippen LogP contribution in [0.5, 0.6) is 5.75 Å². The number of aryl methyl sites for hydroxylation is 1. The third-order valence-corrected chi connectivity index (χ3v) is 5.64. The topological polar surface area (TPSA) is 76.1 Å². The Balaban J connectivity index is 1.52. The number of rotatable bonds is 6. The molecule has 4 rings (SSSR count). The number of ether oxygens (including phenoxy) is 1. The van der Waals surface area contributed by atoms with Crippen LogP contribution >= 0.6 is 11.6 Å². The minimum absolute atomic E-state index is 0.0884. The SMILES string of the molecule is Cc1ccc(C(=O)Nc2ccc(Cl)c(C(F)(F)F)c2)cc1Nc1nccc(-c2ccc(OC(F)(F)F)cc2)n1. The van der Waals surface area contributed by atoms with Crippen LogP contribution in [0.1, 0.15) is 21.5 Å². The number of carbonyl (C=O) groups is 1. The first-order chi connectivity index (χ1) is 18.3. The van der Waals surface area contributed by atoms with Crippen molar-refractivity contribution in [2.24, 2.45) is 0 Å². The van der Waals surface area contributed by atoms with E-state index in [9.17, 15) is 31.1 Å². The maximum Gasteiger partial charge on any atom is 0.573 e. The summed E-state index contributed by atoms with van der Waals surface area (Å²) in [5.74, 6) is -0.904. The summed E-state index contributed by atoms with van der Waals surface area (Å²) in [7, 11) is 0. The summed E-state index contributed by atoms with van der Waals surface area (Å²) in [6.45, 7) is 1.75.